The lowest BCUT2D eigenvalue weighted by Gasteiger charge is -2.20. The second-order valence-corrected chi connectivity index (χ2v) is 6.94. The van der Waals surface area contributed by atoms with E-state index in [0.29, 0.717) is 10.8 Å². The fraction of sp³-hybridized carbons (Fsp3) is 0.0909. The van der Waals surface area contributed by atoms with Gasteiger partial charge in [0, 0.05) is 5.02 Å². The van der Waals surface area contributed by atoms with Gasteiger partial charge in [-0.05, 0) is 58.0 Å². The summed E-state index contributed by atoms with van der Waals surface area (Å²) < 4.78 is 7.17. The largest absolute Gasteiger partial charge is 0.484 e. The molecule has 30 heavy (non-hydrogen) atoms. The number of aromatic nitrogens is 4. The number of hydrogen-bond donors (Lipinski definition) is 1. The summed E-state index contributed by atoms with van der Waals surface area (Å²) in [7, 11) is 0. The zero-order chi connectivity index (χ0) is 20.8. The molecule has 0 saturated heterocycles. The minimum Gasteiger partial charge on any atom is -0.484 e. The summed E-state index contributed by atoms with van der Waals surface area (Å²) >= 11 is 6.01. The van der Waals surface area contributed by atoms with Gasteiger partial charge in [-0.2, -0.15) is 0 Å². The Morgan fingerprint density at radius 1 is 0.967 bits per heavy atom. The van der Waals surface area contributed by atoms with Crippen molar-refractivity contribution in [1.29, 1.82) is 0 Å². The number of carbonyl (C=O) groups excluding carboxylic acids is 1. The van der Waals surface area contributed by atoms with Crippen LogP contribution in [0.5, 0.6) is 5.75 Å². The normalized spacial score (nSPS) is 11.6. The van der Waals surface area contributed by atoms with Crippen LogP contribution in [0.3, 0.4) is 0 Å². The summed E-state index contributed by atoms with van der Waals surface area (Å²) in [6.45, 7) is -0.110. The smallest absolute Gasteiger partial charge is 0.258 e. The zero-order valence-electron chi connectivity index (χ0n) is 15.9. The van der Waals surface area contributed by atoms with Crippen molar-refractivity contribution >= 4 is 17.5 Å². The first kappa shape index (κ1) is 19.6. The van der Waals surface area contributed by atoms with Crippen LogP contribution in [-0.4, -0.2) is 32.7 Å². The lowest BCUT2D eigenvalue weighted by atomic mass is 9.99. The number of hydrogen-bond acceptors (Lipinski definition) is 5. The summed E-state index contributed by atoms with van der Waals surface area (Å²) in [6.07, 6.45) is 1.50. The third kappa shape index (κ3) is 4.82. The van der Waals surface area contributed by atoms with Crippen molar-refractivity contribution in [3.63, 3.8) is 0 Å². The lowest BCUT2D eigenvalue weighted by molar-refractivity contribution is -0.123. The van der Waals surface area contributed by atoms with Gasteiger partial charge >= 0.3 is 0 Å². The van der Waals surface area contributed by atoms with Gasteiger partial charge in [-0.15, -0.1) is 5.10 Å². The molecule has 0 aliphatic rings. The Morgan fingerprint density at radius 3 is 2.33 bits per heavy atom. The van der Waals surface area contributed by atoms with Crippen LogP contribution < -0.4 is 10.1 Å². The number of amides is 1. The Morgan fingerprint density at radius 2 is 1.67 bits per heavy atom. The van der Waals surface area contributed by atoms with Crippen molar-refractivity contribution < 1.29 is 9.53 Å². The summed E-state index contributed by atoms with van der Waals surface area (Å²) in [5.74, 6) is 0.341. The molecule has 1 unspecified atom stereocenters. The topological polar surface area (TPSA) is 81.9 Å². The number of tetrazole rings is 1. The quantitative estimate of drug-likeness (QED) is 0.495. The molecule has 0 spiro atoms. The maximum atomic E-state index is 12.6. The minimum absolute atomic E-state index is 0.110. The molecule has 1 amide bonds. The van der Waals surface area contributed by atoms with E-state index in [2.05, 4.69) is 20.8 Å². The lowest BCUT2D eigenvalue weighted by Crippen LogP contribution is -2.33. The first-order valence-corrected chi connectivity index (χ1v) is 9.63. The molecule has 1 N–H and O–H groups in total. The molecule has 0 aliphatic carbocycles. The molecule has 0 saturated carbocycles. The predicted octanol–water partition coefficient (Wildman–Crippen LogP) is 3.60. The third-order valence-corrected chi connectivity index (χ3v) is 4.71. The zero-order valence-corrected chi connectivity index (χ0v) is 16.6. The molecule has 0 aliphatic heterocycles. The summed E-state index contributed by atoms with van der Waals surface area (Å²) in [6, 6.07) is 24.0. The van der Waals surface area contributed by atoms with Gasteiger partial charge in [-0.1, -0.05) is 54.1 Å². The molecule has 4 aromatic rings. The van der Waals surface area contributed by atoms with Gasteiger partial charge < -0.3 is 10.1 Å². The van der Waals surface area contributed by atoms with Crippen LogP contribution in [0, 0.1) is 0 Å². The highest BCUT2D eigenvalue weighted by molar-refractivity contribution is 6.30. The minimum atomic E-state index is -0.304. The molecule has 1 atom stereocenters. The molecule has 4 rings (SSSR count). The highest BCUT2D eigenvalue weighted by Gasteiger charge is 2.17. The molecule has 150 valence electrons. The highest BCUT2D eigenvalue weighted by atomic mass is 35.5. The van der Waals surface area contributed by atoms with Gasteiger partial charge in [0.25, 0.3) is 5.91 Å². The molecule has 8 heteroatoms. The molecule has 7 nitrogen and oxygen atoms in total. The van der Waals surface area contributed by atoms with Crippen molar-refractivity contribution in [2.75, 3.05) is 6.61 Å². The molecular weight excluding hydrogens is 402 g/mol. The van der Waals surface area contributed by atoms with E-state index in [1.807, 2.05) is 66.7 Å². The molecule has 1 aromatic heterocycles. The first-order valence-electron chi connectivity index (χ1n) is 9.25. The van der Waals surface area contributed by atoms with Crippen LogP contribution in [0.1, 0.15) is 17.2 Å². The predicted molar refractivity (Wildman–Crippen MR) is 113 cm³/mol. The van der Waals surface area contributed by atoms with Gasteiger partial charge in [0.05, 0.1) is 11.7 Å². The van der Waals surface area contributed by atoms with Crippen LogP contribution in [0.2, 0.25) is 5.02 Å². The summed E-state index contributed by atoms with van der Waals surface area (Å²) in [5.41, 5.74) is 2.70. The molecule has 0 radical (unpaired) electrons. The fourth-order valence-corrected chi connectivity index (χ4v) is 3.11. The van der Waals surface area contributed by atoms with E-state index in [1.54, 1.807) is 12.1 Å². The van der Waals surface area contributed by atoms with Gasteiger partial charge in [-0.25, -0.2) is 4.68 Å². The second kappa shape index (κ2) is 9.19. The van der Waals surface area contributed by atoms with Crippen molar-refractivity contribution in [3.8, 4) is 11.4 Å². The van der Waals surface area contributed by atoms with Crippen molar-refractivity contribution in [3.05, 3.63) is 101 Å². The Kier molecular flexibility index (Phi) is 6.01. The van der Waals surface area contributed by atoms with E-state index in [-0.39, 0.29) is 18.6 Å². The summed E-state index contributed by atoms with van der Waals surface area (Å²) in [4.78, 5) is 12.6. The average Bonchev–Trinajstić information content (AvgIpc) is 3.33. The van der Waals surface area contributed by atoms with E-state index in [4.69, 9.17) is 16.3 Å². The van der Waals surface area contributed by atoms with Crippen LogP contribution in [0.15, 0.2) is 85.2 Å². The average molecular weight is 420 g/mol. The number of benzene rings is 3. The Hall–Kier alpha value is -3.71. The standard InChI is InChI=1S/C22H18ClN5O2/c23-18-8-6-17(7-9-18)22(16-4-2-1-3-5-16)25-21(29)14-30-20-12-10-19(11-13-20)28-15-24-26-27-28/h1-13,15,22H,14H2,(H,25,29). The van der Waals surface area contributed by atoms with Crippen LogP contribution in [0.4, 0.5) is 0 Å². The molecule has 0 bridgehead atoms. The second-order valence-electron chi connectivity index (χ2n) is 6.50. The molecule has 0 fully saturated rings. The van der Waals surface area contributed by atoms with Crippen LogP contribution in [0.25, 0.3) is 5.69 Å². The van der Waals surface area contributed by atoms with Crippen molar-refractivity contribution in [1.82, 2.24) is 25.5 Å². The van der Waals surface area contributed by atoms with E-state index < -0.39 is 0 Å². The number of nitrogens with zero attached hydrogens (tertiary/aromatic N) is 4. The van der Waals surface area contributed by atoms with E-state index in [1.165, 1.54) is 11.0 Å². The van der Waals surface area contributed by atoms with Crippen molar-refractivity contribution in [2.45, 2.75) is 6.04 Å². The van der Waals surface area contributed by atoms with Crippen molar-refractivity contribution in [2.24, 2.45) is 0 Å². The number of carbonyl (C=O) groups is 1. The number of rotatable bonds is 7. The Bertz CT molecular complexity index is 1080. The number of nitrogens with one attached hydrogen (secondary N) is 1. The first-order chi connectivity index (χ1) is 14.7. The SMILES string of the molecule is O=C(COc1ccc(-n2cnnn2)cc1)NC(c1ccccc1)c1ccc(Cl)cc1. The highest BCUT2D eigenvalue weighted by Crippen LogP contribution is 2.23. The molecule has 3 aromatic carbocycles. The van der Waals surface area contributed by atoms with Gasteiger partial charge in [0.1, 0.15) is 12.1 Å². The Labute approximate surface area is 178 Å². The van der Waals surface area contributed by atoms with Gasteiger partial charge in [0.15, 0.2) is 6.61 Å². The van der Waals surface area contributed by atoms with Gasteiger partial charge in [0.2, 0.25) is 0 Å². The summed E-state index contributed by atoms with van der Waals surface area (Å²) in [5, 5.41) is 14.7. The maximum absolute atomic E-state index is 12.6. The maximum Gasteiger partial charge on any atom is 0.258 e. The molecule has 1 heterocycles. The Balaban J connectivity index is 1.42. The van der Waals surface area contributed by atoms with Crippen LogP contribution in [-0.2, 0) is 4.79 Å². The van der Waals surface area contributed by atoms with Gasteiger partial charge in [-0.3, -0.25) is 4.79 Å². The van der Waals surface area contributed by atoms with E-state index in [9.17, 15) is 4.79 Å². The monoisotopic (exact) mass is 419 g/mol. The van der Waals surface area contributed by atoms with Crippen LogP contribution >= 0.6 is 11.6 Å². The fourth-order valence-electron chi connectivity index (χ4n) is 2.99. The molecular formula is C22H18ClN5O2. The van der Waals surface area contributed by atoms with E-state index >= 15 is 0 Å². The van der Waals surface area contributed by atoms with E-state index in [0.717, 1.165) is 16.8 Å². The number of ether oxygens (including phenoxy) is 1. The number of halogens is 1. The third-order valence-electron chi connectivity index (χ3n) is 4.46.